The molecule has 1 aromatic carbocycles. The molecule has 0 unspecified atom stereocenters. The van der Waals surface area contributed by atoms with Gasteiger partial charge in [-0.1, -0.05) is 6.07 Å². The number of fused-ring (bicyclic) bond motifs is 2. The molecule has 0 spiro atoms. The van der Waals surface area contributed by atoms with Crippen molar-refractivity contribution >= 4 is 41.5 Å². The second-order valence-electron chi connectivity index (χ2n) is 11.9. The molecule has 0 atom stereocenters. The summed E-state index contributed by atoms with van der Waals surface area (Å²) in [4.78, 5) is 23.6. The number of thiol groups is 1. The molecule has 4 heterocycles. The van der Waals surface area contributed by atoms with Crippen LogP contribution in [0.5, 0.6) is 0 Å². The van der Waals surface area contributed by atoms with Crippen LogP contribution < -0.4 is 5.56 Å². The number of benzene rings is 1. The van der Waals surface area contributed by atoms with Gasteiger partial charge in [-0.25, -0.2) is 4.98 Å². The van der Waals surface area contributed by atoms with Gasteiger partial charge in [0.2, 0.25) is 0 Å². The van der Waals surface area contributed by atoms with Gasteiger partial charge in [0.25, 0.3) is 5.56 Å². The summed E-state index contributed by atoms with van der Waals surface area (Å²) in [6, 6.07) is 8.14. The molecule has 9 heteroatoms. The van der Waals surface area contributed by atoms with E-state index in [0.29, 0.717) is 42.2 Å². The Hall–Kier alpha value is -2.30. The fourth-order valence-electron chi connectivity index (χ4n) is 4.47. The fourth-order valence-corrected chi connectivity index (χ4v) is 6.06. The molecule has 1 aliphatic rings. The first kappa shape index (κ1) is 26.3. The first-order chi connectivity index (χ1) is 17.5. The first-order valence-corrected chi connectivity index (χ1v) is 17.8. The summed E-state index contributed by atoms with van der Waals surface area (Å²) < 4.78 is 20.0. The van der Waals surface area contributed by atoms with Crippen LogP contribution in [-0.4, -0.2) is 71.4 Å². The molecule has 37 heavy (non-hydrogen) atoms. The van der Waals surface area contributed by atoms with Crippen molar-refractivity contribution in [2.24, 2.45) is 0 Å². The van der Waals surface area contributed by atoms with Crippen molar-refractivity contribution in [3.8, 4) is 11.5 Å². The van der Waals surface area contributed by atoms with Crippen molar-refractivity contribution in [2.75, 3.05) is 50.6 Å². The van der Waals surface area contributed by atoms with E-state index in [9.17, 15) is 4.79 Å². The van der Waals surface area contributed by atoms with Gasteiger partial charge in [-0.05, 0) is 84.2 Å². The molecule has 5 rings (SSSR count). The molecule has 0 bridgehead atoms. The number of thiophene rings is 1. The molecular weight excluding hydrogens is 506 g/mol. The number of pyridine rings is 1. The number of hydrogen-bond donors (Lipinski definition) is 1. The maximum Gasteiger partial charge on any atom is 0.263 e. The Morgan fingerprint density at radius 3 is 2.70 bits per heavy atom. The van der Waals surface area contributed by atoms with Crippen LogP contribution in [-0.2, 0) is 27.4 Å². The maximum absolute atomic E-state index is 13.9. The predicted molar refractivity (Wildman–Crippen MR) is 157 cm³/mol. The summed E-state index contributed by atoms with van der Waals surface area (Å²) in [5.41, 5.74) is 3.31. The van der Waals surface area contributed by atoms with E-state index >= 15 is 0 Å². The molecule has 0 N–H and O–H groups in total. The van der Waals surface area contributed by atoms with Crippen LogP contribution >= 0.6 is 20.5 Å². The van der Waals surface area contributed by atoms with Crippen LogP contribution in [0.15, 0.2) is 40.6 Å². The minimum Gasteiger partial charge on any atom is -0.360 e. The zero-order valence-corrected chi connectivity index (χ0v) is 24.0. The average Bonchev–Trinajstić information content (AvgIpc) is 3.52. The lowest BCUT2D eigenvalue weighted by Crippen LogP contribution is -2.27. The largest absolute Gasteiger partial charge is 0.360 e. The van der Waals surface area contributed by atoms with Crippen molar-refractivity contribution in [2.45, 2.75) is 32.8 Å². The Bertz CT molecular complexity index is 1490. The van der Waals surface area contributed by atoms with Gasteiger partial charge in [0.15, 0.2) is 12.1 Å². The highest BCUT2D eigenvalue weighted by molar-refractivity contribution is 8.47. The van der Waals surface area contributed by atoms with E-state index in [-0.39, 0.29) is 18.6 Å². The molecule has 200 valence electrons. The number of rotatable bonds is 9. The lowest BCUT2D eigenvalue weighted by atomic mass is 10.0. The molecule has 0 radical (unpaired) electrons. The third-order valence-electron chi connectivity index (χ3n) is 6.59. The normalized spacial score (nSPS) is 16.0. The Labute approximate surface area is 222 Å². The van der Waals surface area contributed by atoms with Crippen molar-refractivity contribution in [3.63, 3.8) is 0 Å². The highest BCUT2D eigenvalue weighted by atomic mass is 32.3. The summed E-state index contributed by atoms with van der Waals surface area (Å²) in [5.74, 6) is 1.53. The zero-order valence-electron chi connectivity index (χ0n) is 22.3. The molecule has 1 fully saturated rings. The molecule has 1 saturated heterocycles. The van der Waals surface area contributed by atoms with Gasteiger partial charge in [-0.3, -0.25) is 23.5 Å². The highest BCUT2D eigenvalue weighted by Crippen LogP contribution is 2.54. The van der Waals surface area contributed by atoms with Crippen LogP contribution in [0.2, 0.25) is 0 Å². The Balaban J connectivity index is 1.53. The first-order valence-electron chi connectivity index (χ1n) is 12.7. The van der Waals surface area contributed by atoms with Gasteiger partial charge in [-0.15, -0.1) is 11.3 Å². The standard InChI is InChI=1S/C28H37N3O4S2/c1-19-14-20(6-7-25-34-9-10-35-25)15-22-26(19)30-27(23-16-21-8-12-36-24(21)17-29-23)31(28(22)32)18-33-11-13-37(2,3,4)5/h8,12,14-17,25,37H,6-7,9-11,13,18H2,1-5H3. The zero-order chi connectivity index (χ0) is 26.2. The number of hydrogen-bond acceptors (Lipinski definition) is 7. The van der Waals surface area contributed by atoms with E-state index in [1.165, 1.54) is 0 Å². The number of ether oxygens (including phenoxy) is 3. The van der Waals surface area contributed by atoms with Crippen LogP contribution in [0, 0.1) is 6.92 Å². The molecule has 4 aromatic rings. The van der Waals surface area contributed by atoms with Gasteiger partial charge >= 0.3 is 0 Å². The third kappa shape index (κ3) is 6.23. The molecule has 0 saturated carbocycles. The molecular formula is C28H37N3O4S2. The van der Waals surface area contributed by atoms with Gasteiger partial charge in [0, 0.05) is 12.6 Å². The minimum absolute atomic E-state index is 0.107. The van der Waals surface area contributed by atoms with E-state index in [4.69, 9.17) is 19.2 Å². The number of aryl methyl sites for hydroxylation is 2. The summed E-state index contributed by atoms with van der Waals surface area (Å²) in [6.45, 7) is 4.02. The molecule has 7 nitrogen and oxygen atoms in total. The molecule has 0 aliphatic carbocycles. The Morgan fingerprint density at radius 2 is 1.95 bits per heavy atom. The molecule has 0 amide bonds. The Morgan fingerprint density at radius 1 is 1.16 bits per heavy atom. The monoisotopic (exact) mass is 543 g/mol. The summed E-state index contributed by atoms with van der Waals surface area (Å²) in [7, 11) is -1.71. The van der Waals surface area contributed by atoms with Crippen LogP contribution in [0.25, 0.3) is 32.5 Å². The van der Waals surface area contributed by atoms with Gasteiger partial charge < -0.3 is 14.2 Å². The lowest BCUT2D eigenvalue weighted by Gasteiger charge is -2.46. The Kier molecular flexibility index (Phi) is 7.19. The van der Waals surface area contributed by atoms with Crippen LogP contribution in [0.3, 0.4) is 0 Å². The van der Waals surface area contributed by atoms with Crippen molar-refractivity contribution in [3.05, 3.63) is 57.3 Å². The quantitative estimate of drug-likeness (QED) is 0.240. The van der Waals surface area contributed by atoms with E-state index < -0.39 is 9.16 Å². The predicted octanol–water partition coefficient (Wildman–Crippen LogP) is 4.85. The van der Waals surface area contributed by atoms with Crippen molar-refractivity contribution in [1.82, 2.24) is 14.5 Å². The van der Waals surface area contributed by atoms with E-state index in [1.54, 1.807) is 15.9 Å². The third-order valence-corrected chi connectivity index (χ3v) is 9.43. The van der Waals surface area contributed by atoms with Gasteiger partial charge in [0.05, 0.1) is 35.4 Å². The second-order valence-corrected chi connectivity index (χ2v) is 21.2. The highest BCUT2D eigenvalue weighted by Gasteiger charge is 2.21. The van der Waals surface area contributed by atoms with Crippen LogP contribution in [0.4, 0.5) is 0 Å². The van der Waals surface area contributed by atoms with Crippen LogP contribution in [0.1, 0.15) is 17.5 Å². The molecule has 1 aliphatic heterocycles. The second kappa shape index (κ2) is 10.1. The summed E-state index contributed by atoms with van der Waals surface area (Å²) in [6.07, 6.45) is 12.5. The van der Waals surface area contributed by atoms with E-state index in [1.807, 2.05) is 30.6 Å². The van der Waals surface area contributed by atoms with E-state index in [2.05, 4.69) is 42.1 Å². The minimum atomic E-state index is -1.71. The van der Waals surface area contributed by atoms with Crippen molar-refractivity contribution < 1.29 is 14.2 Å². The smallest absolute Gasteiger partial charge is 0.263 e. The molecule has 3 aromatic heterocycles. The average molecular weight is 544 g/mol. The SMILES string of the molecule is Cc1cc(CCC2OCCO2)cc2c(=O)n(COCC[SH](C)(C)(C)C)c(-c3cc4ccsc4cn3)nc12. The summed E-state index contributed by atoms with van der Waals surface area (Å²) in [5, 5.41) is 3.74. The fraction of sp³-hybridized carbons (Fsp3) is 0.464. The number of nitrogens with zero attached hydrogens (tertiary/aromatic N) is 3. The van der Waals surface area contributed by atoms with Crippen molar-refractivity contribution in [1.29, 1.82) is 0 Å². The van der Waals surface area contributed by atoms with E-state index in [0.717, 1.165) is 39.8 Å². The maximum atomic E-state index is 13.9. The topological polar surface area (TPSA) is 75.5 Å². The number of aromatic nitrogens is 3. The van der Waals surface area contributed by atoms with Gasteiger partial charge in [0.1, 0.15) is 12.4 Å². The lowest BCUT2D eigenvalue weighted by molar-refractivity contribution is -0.0461. The summed E-state index contributed by atoms with van der Waals surface area (Å²) >= 11 is 1.65. The van der Waals surface area contributed by atoms with Gasteiger partial charge in [-0.2, -0.15) is 0 Å².